The van der Waals surface area contributed by atoms with E-state index in [1.807, 2.05) is 29.3 Å². The molecule has 2 aromatic heterocycles. The molecule has 1 fully saturated rings. The minimum Gasteiger partial charge on any atom is -0.460 e. The molecule has 2 aliphatic heterocycles. The average molecular weight is 390 g/mol. The molecule has 2 aliphatic rings. The summed E-state index contributed by atoms with van der Waals surface area (Å²) >= 11 is 0. The molecule has 29 heavy (non-hydrogen) atoms. The fourth-order valence-corrected chi connectivity index (χ4v) is 4.48. The number of furan rings is 1. The van der Waals surface area contributed by atoms with Crippen molar-refractivity contribution in [1.29, 1.82) is 0 Å². The maximum absolute atomic E-state index is 11.6. The maximum atomic E-state index is 11.6. The smallest absolute Gasteiger partial charge is 0.219 e. The zero-order chi connectivity index (χ0) is 19.8. The number of hydrogen-bond donors (Lipinski definition) is 0. The summed E-state index contributed by atoms with van der Waals surface area (Å²) < 4.78 is 5.98. The average Bonchev–Trinajstić information content (AvgIpc) is 3.16. The molecule has 1 amide bonds. The van der Waals surface area contributed by atoms with Crippen LogP contribution in [0.1, 0.15) is 48.5 Å². The van der Waals surface area contributed by atoms with Crippen LogP contribution in [0.25, 0.3) is 11.0 Å². The van der Waals surface area contributed by atoms with Crippen molar-refractivity contribution in [2.24, 2.45) is 0 Å². The molecule has 1 aromatic carbocycles. The summed E-state index contributed by atoms with van der Waals surface area (Å²) in [6.07, 6.45) is 4.90. The standard InChI is InChI=1S/C23H26N4O2/c1-16(28)27-11-8-21-19(14-27)13-24-23(25-21)17-6-9-26(10-7-17)15-20-12-18-4-2-3-5-22(18)29-20/h2-5,12-13,17H,6-11,14-15H2,1H3. The molecular weight excluding hydrogens is 364 g/mol. The molecule has 0 atom stereocenters. The first kappa shape index (κ1) is 18.3. The topological polar surface area (TPSA) is 62.5 Å². The first-order valence-corrected chi connectivity index (χ1v) is 10.5. The van der Waals surface area contributed by atoms with Crippen molar-refractivity contribution in [3.63, 3.8) is 0 Å². The Morgan fingerprint density at radius 3 is 2.83 bits per heavy atom. The van der Waals surface area contributed by atoms with Crippen molar-refractivity contribution in [3.05, 3.63) is 59.4 Å². The molecule has 3 aromatic rings. The summed E-state index contributed by atoms with van der Waals surface area (Å²) in [5, 5.41) is 1.17. The lowest BCUT2D eigenvalue weighted by Crippen LogP contribution is -2.35. The first-order chi connectivity index (χ1) is 14.2. The molecule has 4 heterocycles. The van der Waals surface area contributed by atoms with Crippen molar-refractivity contribution < 1.29 is 9.21 Å². The van der Waals surface area contributed by atoms with Gasteiger partial charge in [-0.1, -0.05) is 18.2 Å². The highest BCUT2D eigenvalue weighted by molar-refractivity contribution is 5.77. The molecule has 0 N–H and O–H groups in total. The van der Waals surface area contributed by atoms with Crippen LogP contribution in [0.2, 0.25) is 0 Å². The number of piperidine rings is 1. The summed E-state index contributed by atoms with van der Waals surface area (Å²) in [5.74, 6) is 2.54. The second-order valence-electron chi connectivity index (χ2n) is 8.19. The number of hydrogen-bond acceptors (Lipinski definition) is 5. The summed E-state index contributed by atoms with van der Waals surface area (Å²) in [7, 11) is 0. The van der Waals surface area contributed by atoms with Gasteiger partial charge < -0.3 is 9.32 Å². The number of para-hydroxylation sites is 1. The highest BCUT2D eigenvalue weighted by Crippen LogP contribution is 2.29. The van der Waals surface area contributed by atoms with Gasteiger partial charge in [-0.3, -0.25) is 9.69 Å². The molecule has 6 heteroatoms. The summed E-state index contributed by atoms with van der Waals surface area (Å²) in [6.45, 7) is 5.93. The molecule has 0 unspecified atom stereocenters. The Kier molecular flexibility index (Phi) is 4.79. The molecule has 6 nitrogen and oxygen atoms in total. The van der Waals surface area contributed by atoms with E-state index in [0.29, 0.717) is 12.5 Å². The molecule has 0 saturated carbocycles. The van der Waals surface area contributed by atoms with Crippen molar-refractivity contribution in [2.75, 3.05) is 19.6 Å². The van der Waals surface area contributed by atoms with Gasteiger partial charge >= 0.3 is 0 Å². The van der Waals surface area contributed by atoms with E-state index in [1.165, 1.54) is 5.39 Å². The second-order valence-corrected chi connectivity index (χ2v) is 8.19. The van der Waals surface area contributed by atoms with Crippen LogP contribution in [0.15, 0.2) is 40.9 Å². The Balaban J connectivity index is 1.21. The first-order valence-electron chi connectivity index (χ1n) is 10.5. The van der Waals surface area contributed by atoms with Crippen molar-refractivity contribution in [1.82, 2.24) is 19.8 Å². The van der Waals surface area contributed by atoms with Crippen LogP contribution >= 0.6 is 0 Å². The number of amides is 1. The van der Waals surface area contributed by atoms with Gasteiger partial charge in [-0.25, -0.2) is 9.97 Å². The van der Waals surface area contributed by atoms with E-state index in [1.54, 1.807) is 6.92 Å². The van der Waals surface area contributed by atoms with Gasteiger partial charge in [0.1, 0.15) is 17.2 Å². The predicted molar refractivity (Wildman–Crippen MR) is 110 cm³/mol. The van der Waals surface area contributed by atoms with Gasteiger partial charge in [0.05, 0.1) is 12.2 Å². The lowest BCUT2D eigenvalue weighted by atomic mass is 9.95. The zero-order valence-corrected chi connectivity index (χ0v) is 16.8. The second kappa shape index (κ2) is 7.59. The van der Waals surface area contributed by atoms with Crippen LogP contribution in [-0.4, -0.2) is 45.3 Å². The van der Waals surface area contributed by atoms with Gasteiger partial charge in [-0.05, 0) is 38.1 Å². The van der Waals surface area contributed by atoms with E-state index in [-0.39, 0.29) is 5.91 Å². The monoisotopic (exact) mass is 390 g/mol. The van der Waals surface area contributed by atoms with Gasteiger partial charge in [0.25, 0.3) is 0 Å². The molecule has 0 spiro atoms. The number of fused-ring (bicyclic) bond motifs is 2. The van der Waals surface area contributed by atoms with Gasteiger partial charge in [0.2, 0.25) is 5.91 Å². The minimum atomic E-state index is 0.122. The van der Waals surface area contributed by atoms with Gasteiger partial charge in [0.15, 0.2) is 0 Å². The summed E-state index contributed by atoms with van der Waals surface area (Å²) in [6, 6.07) is 10.3. The van der Waals surface area contributed by atoms with Gasteiger partial charge in [-0.2, -0.15) is 0 Å². The number of aromatic nitrogens is 2. The van der Waals surface area contributed by atoms with Crippen LogP contribution in [0.5, 0.6) is 0 Å². The highest BCUT2D eigenvalue weighted by Gasteiger charge is 2.26. The van der Waals surface area contributed by atoms with Crippen LogP contribution in [0.4, 0.5) is 0 Å². The zero-order valence-electron chi connectivity index (χ0n) is 16.8. The Labute approximate surface area is 170 Å². The number of carbonyl (C=O) groups is 1. The molecule has 5 rings (SSSR count). The molecule has 0 radical (unpaired) electrons. The summed E-state index contributed by atoms with van der Waals surface area (Å²) in [4.78, 5) is 25.5. The molecule has 0 aliphatic carbocycles. The Morgan fingerprint density at radius 1 is 1.21 bits per heavy atom. The lowest BCUT2D eigenvalue weighted by Gasteiger charge is -2.31. The van der Waals surface area contributed by atoms with E-state index in [9.17, 15) is 4.79 Å². The number of nitrogens with zero attached hydrogens (tertiary/aromatic N) is 4. The van der Waals surface area contributed by atoms with Gasteiger partial charge in [-0.15, -0.1) is 0 Å². The van der Waals surface area contributed by atoms with Gasteiger partial charge in [0, 0.05) is 49.5 Å². The van der Waals surface area contributed by atoms with Crippen LogP contribution in [0, 0.1) is 0 Å². The quantitative estimate of drug-likeness (QED) is 0.685. The Hall–Kier alpha value is -2.73. The van der Waals surface area contributed by atoms with E-state index in [0.717, 1.165) is 73.9 Å². The van der Waals surface area contributed by atoms with E-state index in [2.05, 4.69) is 22.0 Å². The van der Waals surface area contributed by atoms with E-state index in [4.69, 9.17) is 9.40 Å². The Bertz CT molecular complexity index is 1000. The fourth-order valence-electron chi connectivity index (χ4n) is 4.48. The third kappa shape index (κ3) is 3.77. The van der Waals surface area contributed by atoms with Crippen LogP contribution < -0.4 is 0 Å². The third-order valence-electron chi connectivity index (χ3n) is 6.21. The normalized spacial score (nSPS) is 18.2. The van der Waals surface area contributed by atoms with Crippen LogP contribution in [-0.2, 0) is 24.3 Å². The van der Waals surface area contributed by atoms with Crippen LogP contribution in [0.3, 0.4) is 0 Å². The Morgan fingerprint density at radius 2 is 2.03 bits per heavy atom. The molecule has 0 bridgehead atoms. The number of carbonyl (C=O) groups excluding carboxylic acids is 1. The van der Waals surface area contributed by atoms with E-state index >= 15 is 0 Å². The van der Waals surface area contributed by atoms with E-state index < -0.39 is 0 Å². The lowest BCUT2D eigenvalue weighted by molar-refractivity contribution is -0.129. The highest BCUT2D eigenvalue weighted by atomic mass is 16.3. The van der Waals surface area contributed by atoms with Crippen molar-refractivity contribution in [3.8, 4) is 0 Å². The van der Waals surface area contributed by atoms with Crippen molar-refractivity contribution in [2.45, 2.75) is 45.2 Å². The largest absolute Gasteiger partial charge is 0.460 e. The SMILES string of the molecule is CC(=O)N1CCc2nc(C3CCN(Cc4cc5ccccc5o4)CC3)ncc2C1. The number of rotatable bonds is 3. The molecular formula is C23H26N4O2. The number of benzene rings is 1. The minimum absolute atomic E-state index is 0.122. The third-order valence-corrected chi connectivity index (χ3v) is 6.21. The fraction of sp³-hybridized carbons (Fsp3) is 0.435. The molecule has 150 valence electrons. The predicted octanol–water partition coefficient (Wildman–Crippen LogP) is 3.51. The maximum Gasteiger partial charge on any atom is 0.219 e. The van der Waals surface area contributed by atoms with Crippen molar-refractivity contribution >= 4 is 16.9 Å². The molecule has 1 saturated heterocycles. The number of likely N-dealkylation sites (tertiary alicyclic amines) is 1. The summed E-state index contributed by atoms with van der Waals surface area (Å²) in [5.41, 5.74) is 3.18.